The van der Waals surface area contributed by atoms with Crippen LogP contribution in [0.2, 0.25) is 0 Å². The molecule has 0 spiro atoms. The predicted molar refractivity (Wildman–Crippen MR) is 98.7 cm³/mol. The second-order valence-corrected chi connectivity index (χ2v) is 6.89. The van der Waals surface area contributed by atoms with Gasteiger partial charge in [0.2, 0.25) is 0 Å². The molecule has 1 heterocycles. The Hall–Kier alpha value is -1.55. The first kappa shape index (κ1) is 16.3. The summed E-state index contributed by atoms with van der Waals surface area (Å²) in [5.74, 6) is 1.02. The van der Waals surface area contributed by atoms with E-state index >= 15 is 0 Å². The van der Waals surface area contributed by atoms with Crippen LogP contribution in [0, 0.1) is 0 Å². The average Bonchev–Trinajstić information content (AvgIpc) is 2.73. The van der Waals surface area contributed by atoms with Crippen molar-refractivity contribution in [3.63, 3.8) is 0 Å². The smallest absolute Gasteiger partial charge is 0.0558 e. The van der Waals surface area contributed by atoms with Gasteiger partial charge in [-0.3, -0.25) is 0 Å². The fourth-order valence-electron chi connectivity index (χ4n) is 2.96. The molecule has 23 heavy (non-hydrogen) atoms. The molecule has 0 saturated heterocycles. The summed E-state index contributed by atoms with van der Waals surface area (Å²) in [4.78, 5) is 3.53. The van der Waals surface area contributed by atoms with Crippen molar-refractivity contribution in [2.75, 3.05) is 26.7 Å². The molecule has 1 N–H and O–H groups in total. The predicted octanol–water partition coefficient (Wildman–Crippen LogP) is 4.04. The molecular weight excluding hydrogens is 302 g/mol. The van der Waals surface area contributed by atoms with Gasteiger partial charge < -0.3 is 10.0 Å². The monoisotopic (exact) mass is 325 g/mol. The van der Waals surface area contributed by atoms with Crippen molar-refractivity contribution in [2.45, 2.75) is 17.1 Å². The Morgan fingerprint density at radius 1 is 1.04 bits per heavy atom. The van der Waals surface area contributed by atoms with E-state index in [4.69, 9.17) is 5.11 Å². The molecule has 0 amide bonds. The summed E-state index contributed by atoms with van der Waals surface area (Å²) >= 11 is 1.92. The number of aliphatic hydroxyl groups excluding tert-OH is 1. The quantitative estimate of drug-likeness (QED) is 0.897. The molecule has 0 aromatic heterocycles. The van der Waals surface area contributed by atoms with E-state index in [9.17, 15) is 0 Å². The van der Waals surface area contributed by atoms with Crippen LogP contribution in [0.3, 0.4) is 0 Å². The maximum Gasteiger partial charge on any atom is 0.0558 e. The lowest BCUT2D eigenvalue weighted by Gasteiger charge is -2.15. The molecule has 0 radical (unpaired) electrons. The summed E-state index contributed by atoms with van der Waals surface area (Å²) in [6.45, 7) is 1.91. The lowest BCUT2D eigenvalue weighted by molar-refractivity contribution is 0.223. The molecule has 0 bridgehead atoms. The van der Waals surface area contributed by atoms with E-state index in [1.54, 1.807) is 0 Å². The first-order valence-corrected chi connectivity index (χ1v) is 9.08. The van der Waals surface area contributed by atoms with Gasteiger partial charge in [-0.15, -0.1) is 11.8 Å². The highest BCUT2D eigenvalue weighted by Crippen LogP contribution is 2.39. The summed E-state index contributed by atoms with van der Waals surface area (Å²) in [6.07, 6.45) is 3.34. The van der Waals surface area contributed by atoms with E-state index in [1.165, 1.54) is 27.2 Å². The van der Waals surface area contributed by atoms with Crippen molar-refractivity contribution in [3.8, 4) is 0 Å². The average molecular weight is 325 g/mol. The topological polar surface area (TPSA) is 23.5 Å². The number of thioether (sulfide) groups is 1. The van der Waals surface area contributed by atoms with Crippen LogP contribution in [-0.2, 0) is 5.75 Å². The fraction of sp³-hybridized carbons (Fsp3) is 0.300. The zero-order chi connectivity index (χ0) is 16.1. The Balaban J connectivity index is 1.93. The highest BCUT2D eigenvalue weighted by Gasteiger charge is 2.17. The number of rotatable bonds is 5. The third-order valence-corrected chi connectivity index (χ3v) is 5.33. The van der Waals surface area contributed by atoms with E-state index in [0.717, 1.165) is 25.3 Å². The molecular formula is C20H23NOS. The largest absolute Gasteiger partial charge is 0.395 e. The van der Waals surface area contributed by atoms with Crippen LogP contribution >= 0.6 is 11.8 Å². The van der Waals surface area contributed by atoms with Crippen LogP contribution < -0.4 is 0 Å². The van der Waals surface area contributed by atoms with Gasteiger partial charge in [0.1, 0.15) is 0 Å². The van der Waals surface area contributed by atoms with E-state index in [-0.39, 0.29) is 6.61 Å². The third-order valence-electron chi connectivity index (χ3n) is 4.21. The Labute approximate surface area is 142 Å². The lowest BCUT2D eigenvalue weighted by atomic mass is 9.93. The maximum absolute atomic E-state index is 9.02. The minimum atomic E-state index is 0.218. The first-order chi connectivity index (χ1) is 11.3. The third kappa shape index (κ3) is 3.86. The number of nitrogens with zero attached hydrogens (tertiary/aromatic N) is 1. The van der Waals surface area contributed by atoms with Gasteiger partial charge in [0.25, 0.3) is 0 Å². The summed E-state index contributed by atoms with van der Waals surface area (Å²) in [7, 11) is 2.06. The van der Waals surface area contributed by atoms with Gasteiger partial charge >= 0.3 is 0 Å². The summed E-state index contributed by atoms with van der Waals surface area (Å²) in [5.41, 5.74) is 5.45. The van der Waals surface area contributed by atoms with Gasteiger partial charge in [-0.25, -0.2) is 0 Å². The molecule has 120 valence electrons. The van der Waals surface area contributed by atoms with Gasteiger partial charge in [-0.2, -0.15) is 0 Å². The zero-order valence-corrected chi connectivity index (χ0v) is 14.4. The molecule has 2 nitrogen and oxygen atoms in total. The van der Waals surface area contributed by atoms with Crippen molar-refractivity contribution in [3.05, 3.63) is 71.3 Å². The summed E-state index contributed by atoms with van der Waals surface area (Å²) in [5, 5.41) is 9.02. The molecule has 3 heteroatoms. The molecule has 0 unspecified atom stereocenters. The Morgan fingerprint density at radius 3 is 2.61 bits per heavy atom. The van der Waals surface area contributed by atoms with Crippen LogP contribution in [0.5, 0.6) is 0 Å². The highest BCUT2D eigenvalue weighted by atomic mass is 32.2. The van der Waals surface area contributed by atoms with Crippen molar-refractivity contribution in [2.24, 2.45) is 0 Å². The van der Waals surface area contributed by atoms with E-state index in [1.807, 2.05) is 11.8 Å². The van der Waals surface area contributed by atoms with Crippen LogP contribution in [0.1, 0.15) is 23.1 Å². The SMILES string of the molecule is CN(CCO)CC/C=C1/c2ccccc2CSc2ccccc21. The molecule has 0 saturated carbocycles. The minimum Gasteiger partial charge on any atom is -0.395 e. The fourth-order valence-corrected chi connectivity index (χ4v) is 4.03. The van der Waals surface area contributed by atoms with E-state index in [0.29, 0.717) is 0 Å². The molecule has 0 fully saturated rings. The van der Waals surface area contributed by atoms with E-state index in [2.05, 4.69) is 66.6 Å². The van der Waals surface area contributed by atoms with E-state index < -0.39 is 0 Å². The molecule has 0 aliphatic carbocycles. The standard InChI is InChI=1S/C20H23NOS/c1-21(13-14-22)12-6-10-18-17-8-3-2-7-16(17)15-23-20-11-5-4-9-19(18)20/h2-5,7-11,22H,6,12-15H2,1H3/b18-10-. The second-order valence-electron chi connectivity index (χ2n) is 5.88. The van der Waals surface area contributed by atoms with Crippen molar-refractivity contribution in [1.82, 2.24) is 4.90 Å². The zero-order valence-electron chi connectivity index (χ0n) is 13.5. The molecule has 2 aromatic rings. The normalized spacial score (nSPS) is 15.3. The number of hydrogen-bond donors (Lipinski definition) is 1. The Morgan fingerprint density at radius 2 is 1.78 bits per heavy atom. The van der Waals surface area contributed by atoms with Crippen molar-refractivity contribution < 1.29 is 5.11 Å². The molecule has 1 aliphatic heterocycles. The molecule has 3 rings (SSSR count). The lowest BCUT2D eigenvalue weighted by Crippen LogP contribution is -2.22. The Bertz CT molecular complexity index is 646. The van der Waals surface area contributed by atoms with Gasteiger partial charge in [0, 0.05) is 23.7 Å². The second kappa shape index (κ2) is 7.82. The number of aliphatic hydroxyl groups is 1. The van der Waals surface area contributed by atoms with Gasteiger partial charge in [0.05, 0.1) is 6.61 Å². The number of hydrogen-bond acceptors (Lipinski definition) is 3. The number of fused-ring (bicyclic) bond motifs is 2. The Kier molecular flexibility index (Phi) is 5.55. The van der Waals surface area contributed by atoms with Gasteiger partial charge in [-0.05, 0) is 41.8 Å². The molecule has 1 aliphatic rings. The number of benzene rings is 2. The molecule has 2 aromatic carbocycles. The number of likely N-dealkylation sites (N-methyl/N-ethyl adjacent to an activating group) is 1. The van der Waals surface area contributed by atoms with Crippen LogP contribution in [0.4, 0.5) is 0 Å². The van der Waals surface area contributed by atoms with Crippen LogP contribution in [0.15, 0.2) is 59.5 Å². The minimum absolute atomic E-state index is 0.218. The highest BCUT2D eigenvalue weighted by molar-refractivity contribution is 7.98. The van der Waals surface area contributed by atoms with Crippen LogP contribution in [0.25, 0.3) is 5.57 Å². The first-order valence-electron chi connectivity index (χ1n) is 8.09. The summed E-state index contributed by atoms with van der Waals surface area (Å²) in [6, 6.07) is 17.4. The maximum atomic E-state index is 9.02. The van der Waals surface area contributed by atoms with Gasteiger partial charge in [-0.1, -0.05) is 48.5 Å². The van der Waals surface area contributed by atoms with Crippen LogP contribution in [-0.4, -0.2) is 36.8 Å². The van der Waals surface area contributed by atoms with Gasteiger partial charge in [0.15, 0.2) is 0 Å². The summed E-state index contributed by atoms with van der Waals surface area (Å²) < 4.78 is 0. The van der Waals surface area contributed by atoms with Crippen molar-refractivity contribution >= 4 is 17.3 Å². The molecule has 0 atom stereocenters. The van der Waals surface area contributed by atoms with Crippen molar-refractivity contribution in [1.29, 1.82) is 0 Å².